The molecule has 5 heteroatoms. The number of likely N-dealkylation sites (tertiary alicyclic amines) is 1. The lowest BCUT2D eigenvalue weighted by atomic mass is 9.95. The van der Waals surface area contributed by atoms with Gasteiger partial charge in [0.25, 0.3) is 0 Å². The Hall–Kier alpha value is -0.770. The van der Waals surface area contributed by atoms with Gasteiger partial charge in [-0.3, -0.25) is 9.69 Å². The first-order chi connectivity index (χ1) is 9.49. The molecule has 2 rings (SSSR count). The Labute approximate surface area is 129 Å². The van der Waals surface area contributed by atoms with Gasteiger partial charge in [-0.15, -0.1) is 0 Å². The Balaban J connectivity index is 2.17. The van der Waals surface area contributed by atoms with E-state index in [2.05, 4.69) is 11.8 Å². The molecule has 2 unspecified atom stereocenters. The smallest absolute Gasteiger partial charge is 0.304 e. The number of piperidine rings is 1. The van der Waals surface area contributed by atoms with Crippen LogP contribution in [0.25, 0.3) is 0 Å². The van der Waals surface area contributed by atoms with E-state index >= 15 is 0 Å². The van der Waals surface area contributed by atoms with E-state index < -0.39 is 5.97 Å². The topological polar surface area (TPSA) is 40.5 Å². The number of carboxylic acid groups (broad SMARTS) is 1. The highest BCUT2D eigenvalue weighted by molar-refractivity contribution is 6.42. The number of carboxylic acids is 1. The largest absolute Gasteiger partial charge is 0.481 e. The number of hydrogen-bond donors (Lipinski definition) is 1. The summed E-state index contributed by atoms with van der Waals surface area (Å²) in [6, 6.07) is 5.89. The molecule has 0 spiro atoms. The predicted molar refractivity (Wildman–Crippen MR) is 81.5 cm³/mol. The molecule has 110 valence electrons. The van der Waals surface area contributed by atoms with Gasteiger partial charge in [-0.1, -0.05) is 35.7 Å². The highest BCUT2D eigenvalue weighted by Gasteiger charge is 2.29. The van der Waals surface area contributed by atoms with Crippen LogP contribution in [0.3, 0.4) is 0 Å². The van der Waals surface area contributed by atoms with Crippen molar-refractivity contribution in [3.8, 4) is 0 Å². The molecule has 0 aliphatic carbocycles. The lowest BCUT2D eigenvalue weighted by Gasteiger charge is -2.39. The van der Waals surface area contributed by atoms with E-state index in [1.165, 1.54) is 0 Å². The fourth-order valence-electron chi connectivity index (χ4n) is 2.92. The van der Waals surface area contributed by atoms with Crippen molar-refractivity contribution < 1.29 is 9.90 Å². The summed E-state index contributed by atoms with van der Waals surface area (Å²) in [5, 5.41) is 10.1. The molecular formula is C15H19Cl2NO2. The molecule has 1 aromatic carbocycles. The molecule has 1 saturated heterocycles. The monoisotopic (exact) mass is 315 g/mol. The van der Waals surface area contributed by atoms with Crippen molar-refractivity contribution in [2.24, 2.45) is 0 Å². The molecular weight excluding hydrogens is 297 g/mol. The number of benzene rings is 1. The minimum absolute atomic E-state index is 0.103. The van der Waals surface area contributed by atoms with E-state index in [9.17, 15) is 4.79 Å². The van der Waals surface area contributed by atoms with E-state index in [-0.39, 0.29) is 18.5 Å². The fourth-order valence-corrected chi connectivity index (χ4v) is 3.22. The molecule has 20 heavy (non-hydrogen) atoms. The van der Waals surface area contributed by atoms with Gasteiger partial charge in [-0.05, 0) is 44.0 Å². The zero-order valence-electron chi connectivity index (χ0n) is 11.5. The fraction of sp³-hybridized carbons (Fsp3) is 0.533. The molecule has 1 N–H and O–H groups in total. The maximum Gasteiger partial charge on any atom is 0.304 e. The van der Waals surface area contributed by atoms with Crippen molar-refractivity contribution in [2.75, 3.05) is 6.54 Å². The van der Waals surface area contributed by atoms with Gasteiger partial charge in [0.1, 0.15) is 0 Å². The molecule has 1 heterocycles. The second kappa shape index (κ2) is 6.79. The van der Waals surface area contributed by atoms with Crippen molar-refractivity contribution in [2.45, 2.75) is 44.7 Å². The van der Waals surface area contributed by atoms with Crippen LogP contribution in [-0.4, -0.2) is 28.6 Å². The van der Waals surface area contributed by atoms with Crippen LogP contribution >= 0.6 is 23.2 Å². The van der Waals surface area contributed by atoms with Crippen LogP contribution in [-0.2, 0) is 4.79 Å². The second-order valence-corrected chi connectivity index (χ2v) is 6.15. The summed E-state index contributed by atoms with van der Waals surface area (Å²) in [5.74, 6) is -0.733. The van der Waals surface area contributed by atoms with Gasteiger partial charge in [0.05, 0.1) is 16.5 Å². The first-order valence-corrected chi connectivity index (χ1v) is 7.67. The maximum absolute atomic E-state index is 11.0. The van der Waals surface area contributed by atoms with Crippen molar-refractivity contribution in [1.29, 1.82) is 0 Å². The Kier molecular flexibility index (Phi) is 5.30. The van der Waals surface area contributed by atoms with Gasteiger partial charge >= 0.3 is 5.97 Å². The van der Waals surface area contributed by atoms with Gasteiger partial charge in [0, 0.05) is 12.1 Å². The SMILES string of the molecule is CC(c1ccc(Cl)c(Cl)c1)N1CCCCC1CC(=O)O. The minimum Gasteiger partial charge on any atom is -0.481 e. The summed E-state index contributed by atoms with van der Waals surface area (Å²) in [6.45, 7) is 3.03. The molecule has 1 fully saturated rings. The predicted octanol–water partition coefficient (Wildman–Crippen LogP) is 4.38. The van der Waals surface area contributed by atoms with Crippen LogP contribution in [0, 0.1) is 0 Å². The summed E-state index contributed by atoms with van der Waals surface area (Å²) in [7, 11) is 0. The number of rotatable bonds is 4. The average molecular weight is 316 g/mol. The van der Waals surface area contributed by atoms with E-state index in [4.69, 9.17) is 28.3 Å². The highest BCUT2D eigenvalue weighted by Crippen LogP contribution is 2.32. The lowest BCUT2D eigenvalue weighted by molar-refractivity contribution is -0.139. The number of aliphatic carboxylic acids is 1. The molecule has 0 aromatic heterocycles. The summed E-state index contributed by atoms with van der Waals surface area (Å²) < 4.78 is 0. The normalized spacial score (nSPS) is 21.6. The quantitative estimate of drug-likeness (QED) is 0.896. The summed E-state index contributed by atoms with van der Waals surface area (Å²) >= 11 is 12.0. The molecule has 0 amide bonds. The summed E-state index contributed by atoms with van der Waals surface area (Å²) in [6.07, 6.45) is 3.36. The van der Waals surface area contributed by atoms with Gasteiger partial charge < -0.3 is 5.11 Å². The van der Waals surface area contributed by atoms with E-state index in [0.717, 1.165) is 31.4 Å². The first-order valence-electron chi connectivity index (χ1n) is 6.91. The molecule has 3 nitrogen and oxygen atoms in total. The van der Waals surface area contributed by atoms with Gasteiger partial charge in [0.2, 0.25) is 0 Å². The Bertz CT molecular complexity index is 493. The van der Waals surface area contributed by atoms with Crippen LogP contribution in [0.15, 0.2) is 18.2 Å². The molecule has 1 aliphatic heterocycles. The molecule has 0 bridgehead atoms. The summed E-state index contributed by atoms with van der Waals surface area (Å²) in [4.78, 5) is 13.3. The van der Waals surface area contributed by atoms with Crippen LogP contribution in [0.4, 0.5) is 0 Å². The van der Waals surface area contributed by atoms with Crippen LogP contribution < -0.4 is 0 Å². The van der Waals surface area contributed by atoms with Crippen molar-refractivity contribution >= 4 is 29.2 Å². The van der Waals surface area contributed by atoms with Crippen LogP contribution in [0.2, 0.25) is 10.0 Å². The Morgan fingerprint density at radius 3 is 2.80 bits per heavy atom. The zero-order valence-corrected chi connectivity index (χ0v) is 13.0. The van der Waals surface area contributed by atoms with Crippen LogP contribution in [0.5, 0.6) is 0 Å². The van der Waals surface area contributed by atoms with Gasteiger partial charge in [0.15, 0.2) is 0 Å². The minimum atomic E-state index is -0.733. The van der Waals surface area contributed by atoms with Gasteiger partial charge in [-0.2, -0.15) is 0 Å². The number of carbonyl (C=O) groups is 1. The van der Waals surface area contributed by atoms with E-state index in [1.807, 2.05) is 12.1 Å². The van der Waals surface area contributed by atoms with E-state index in [1.54, 1.807) is 6.07 Å². The lowest BCUT2D eigenvalue weighted by Crippen LogP contribution is -2.42. The molecule has 2 atom stereocenters. The molecule has 0 saturated carbocycles. The highest BCUT2D eigenvalue weighted by atomic mass is 35.5. The third-order valence-corrected chi connectivity index (χ3v) is 4.75. The number of nitrogens with zero attached hydrogens (tertiary/aromatic N) is 1. The van der Waals surface area contributed by atoms with Crippen molar-refractivity contribution in [3.63, 3.8) is 0 Å². The summed E-state index contributed by atoms with van der Waals surface area (Å²) in [5.41, 5.74) is 1.08. The number of halogens is 2. The molecule has 0 radical (unpaired) electrons. The standard InChI is InChI=1S/C15H19Cl2NO2/c1-10(11-5-6-13(16)14(17)8-11)18-7-3-2-4-12(18)9-15(19)20/h5-6,8,10,12H,2-4,7,9H2,1H3,(H,19,20). The maximum atomic E-state index is 11.0. The average Bonchev–Trinajstić information content (AvgIpc) is 2.41. The van der Waals surface area contributed by atoms with Crippen molar-refractivity contribution in [3.05, 3.63) is 33.8 Å². The Morgan fingerprint density at radius 1 is 1.40 bits per heavy atom. The van der Waals surface area contributed by atoms with Gasteiger partial charge in [-0.25, -0.2) is 0 Å². The van der Waals surface area contributed by atoms with E-state index in [0.29, 0.717) is 10.0 Å². The van der Waals surface area contributed by atoms with Crippen molar-refractivity contribution in [1.82, 2.24) is 4.90 Å². The third kappa shape index (κ3) is 3.66. The zero-order chi connectivity index (χ0) is 14.7. The Morgan fingerprint density at radius 2 is 2.15 bits per heavy atom. The molecule has 1 aromatic rings. The second-order valence-electron chi connectivity index (χ2n) is 5.33. The third-order valence-electron chi connectivity index (χ3n) is 4.01. The number of hydrogen-bond acceptors (Lipinski definition) is 2. The van der Waals surface area contributed by atoms with Crippen LogP contribution in [0.1, 0.15) is 44.2 Å². The first kappa shape index (κ1) is 15.6. The molecule has 1 aliphatic rings.